The van der Waals surface area contributed by atoms with Crippen LogP contribution in [0, 0.1) is 11.8 Å². The van der Waals surface area contributed by atoms with E-state index in [1.165, 1.54) is 31.7 Å². The van der Waals surface area contributed by atoms with Crippen LogP contribution in [0.2, 0.25) is 0 Å². The van der Waals surface area contributed by atoms with Gasteiger partial charge in [0.2, 0.25) is 0 Å². The topological polar surface area (TPSA) is 15.3 Å². The molecule has 0 spiro atoms. The predicted molar refractivity (Wildman–Crippen MR) is 56.1 cm³/mol. The summed E-state index contributed by atoms with van der Waals surface area (Å²) in [6.45, 7) is 5.49. The summed E-state index contributed by atoms with van der Waals surface area (Å²) in [5.41, 5.74) is 1.47. The molecule has 2 aliphatic rings. The van der Waals surface area contributed by atoms with E-state index in [0.717, 1.165) is 23.4 Å². The number of likely N-dealkylation sites (tertiary alicyclic amines) is 1. The average molecular weight is 221 g/mol. The number of hydrogen-bond donors (Lipinski definition) is 1. The van der Waals surface area contributed by atoms with Crippen LogP contribution in [0.4, 0.5) is 0 Å². The van der Waals surface area contributed by atoms with Crippen molar-refractivity contribution in [3.63, 3.8) is 0 Å². The fourth-order valence-corrected chi connectivity index (χ4v) is 2.57. The van der Waals surface area contributed by atoms with E-state index in [9.17, 15) is 0 Å². The van der Waals surface area contributed by atoms with Crippen LogP contribution in [-0.4, -0.2) is 37.6 Å². The van der Waals surface area contributed by atoms with Crippen molar-refractivity contribution in [1.82, 2.24) is 10.2 Å². The van der Waals surface area contributed by atoms with Crippen LogP contribution in [0.3, 0.4) is 0 Å². The molecule has 0 radical (unpaired) electrons. The third-order valence-electron chi connectivity index (χ3n) is 2.96. The van der Waals surface area contributed by atoms with E-state index in [0.29, 0.717) is 0 Å². The third-order valence-corrected chi connectivity index (χ3v) is 3.56. The second kappa shape index (κ2) is 4.18. The minimum absolute atomic E-state index is 0.745. The highest BCUT2D eigenvalue weighted by molar-refractivity contribution is 6.36. The van der Waals surface area contributed by atoms with Crippen molar-refractivity contribution in [1.29, 1.82) is 0 Å². The highest BCUT2D eigenvalue weighted by Crippen LogP contribution is 2.27. The number of fused-ring (bicyclic) bond motifs is 1. The van der Waals surface area contributed by atoms with E-state index in [2.05, 4.69) is 10.2 Å². The van der Waals surface area contributed by atoms with E-state index >= 15 is 0 Å². The lowest BCUT2D eigenvalue weighted by Crippen LogP contribution is -2.26. The first kappa shape index (κ1) is 9.78. The number of nitrogens with zero attached hydrogens (tertiary/aromatic N) is 1. The first-order valence-corrected chi connectivity index (χ1v) is 5.49. The Hall–Kier alpha value is 0.240. The molecular formula is C9H14Cl2N2. The van der Waals surface area contributed by atoms with Gasteiger partial charge in [-0.3, -0.25) is 4.90 Å². The van der Waals surface area contributed by atoms with Crippen molar-refractivity contribution in [3.05, 3.63) is 10.6 Å². The first-order chi connectivity index (χ1) is 6.29. The zero-order chi connectivity index (χ0) is 9.26. The van der Waals surface area contributed by atoms with Gasteiger partial charge in [-0.25, -0.2) is 0 Å². The van der Waals surface area contributed by atoms with E-state index in [1.54, 1.807) is 0 Å². The van der Waals surface area contributed by atoms with E-state index < -0.39 is 0 Å². The molecule has 0 aliphatic carbocycles. The molecule has 13 heavy (non-hydrogen) atoms. The van der Waals surface area contributed by atoms with Gasteiger partial charge in [-0.1, -0.05) is 23.2 Å². The van der Waals surface area contributed by atoms with Crippen molar-refractivity contribution in [3.8, 4) is 0 Å². The maximum atomic E-state index is 5.87. The van der Waals surface area contributed by atoms with Gasteiger partial charge >= 0.3 is 0 Å². The van der Waals surface area contributed by atoms with Gasteiger partial charge in [0.05, 0.1) is 0 Å². The zero-order valence-corrected chi connectivity index (χ0v) is 8.98. The SMILES string of the molecule is ClC=C(Cl)CN1CC2CNCC2C1. The lowest BCUT2D eigenvalue weighted by Gasteiger charge is -2.15. The molecule has 2 fully saturated rings. The molecule has 74 valence electrons. The number of nitrogens with one attached hydrogen (secondary N) is 1. The summed E-state index contributed by atoms with van der Waals surface area (Å²) >= 11 is 11.4. The van der Waals surface area contributed by atoms with Gasteiger partial charge < -0.3 is 5.32 Å². The Morgan fingerprint density at radius 2 is 2.00 bits per heavy atom. The van der Waals surface area contributed by atoms with E-state index in [1.807, 2.05) is 0 Å². The molecule has 2 unspecified atom stereocenters. The van der Waals surface area contributed by atoms with Crippen molar-refractivity contribution >= 4 is 23.2 Å². The molecule has 2 nitrogen and oxygen atoms in total. The summed E-state index contributed by atoms with van der Waals surface area (Å²) in [5, 5.41) is 4.16. The largest absolute Gasteiger partial charge is 0.316 e. The molecule has 0 aromatic carbocycles. The molecular weight excluding hydrogens is 207 g/mol. The molecule has 2 rings (SSSR count). The second-order valence-electron chi connectivity index (χ2n) is 3.93. The molecule has 0 amide bonds. The number of rotatable bonds is 2. The van der Waals surface area contributed by atoms with Crippen molar-refractivity contribution in [2.45, 2.75) is 0 Å². The van der Waals surface area contributed by atoms with Crippen LogP contribution in [0.5, 0.6) is 0 Å². The molecule has 0 saturated carbocycles. The lowest BCUT2D eigenvalue weighted by molar-refractivity contribution is 0.344. The van der Waals surface area contributed by atoms with E-state index in [-0.39, 0.29) is 0 Å². The number of halogens is 2. The highest BCUT2D eigenvalue weighted by atomic mass is 35.5. The Morgan fingerprint density at radius 1 is 1.38 bits per heavy atom. The molecule has 0 bridgehead atoms. The summed E-state index contributed by atoms with van der Waals surface area (Å²) in [5.74, 6) is 1.67. The summed E-state index contributed by atoms with van der Waals surface area (Å²) in [6.07, 6.45) is 0. The van der Waals surface area contributed by atoms with Crippen LogP contribution in [0.15, 0.2) is 10.6 Å². The van der Waals surface area contributed by atoms with Gasteiger partial charge in [-0.2, -0.15) is 0 Å². The maximum absolute atomic E-state index is 5.87. The molecule has 2 atom stereocenters. The van der Waals surface area contributed by atoms with Gasteiger partial charge in [-0.15, -0.1) is 0 Å². The van der Waals surface area contributed by atoms with Crippen LogP contribution < -0.4 is 5.32 Å². The summed E-state index contributed by atoms with van der Waals surface area (Å²) in [7, 11) is 0. The molecule has 2 heterocycles. The fraction of sp³-hybridized carbons (Fsp3) is 0.778. The van der Waals surface area contributed by atoms with Crippen LogP contribution in [0.25, 0.3) is 0 Å². The normalized spacial score (nSPS) is 35.4. The van der Waals surface area contributed by atoms with Crippen LogP contribution >= 0.6 is 23.2 Å². The first-order valence-electron chi connectivity index (χ1n) is 4.67. The van der Waals surface area contributed by atoms with Gasteiger partial charge in [-0.05, 0) is 24.9 Å². The van der Waals surface area contributed by atoms with Crippen LogP contribution in [-0.2, 0) is 0 Å². The number of hydrogen-bond acceptors (Lipinski definition) is 2. The summed E-state index contributed by atoms with van der Waals surface area (Å²) in [6, 6.07) is 0. The quantitative estimate of drug-likeness (QED) is 0.759. The van der Waals surface area contributed by atoms with Gasteiger partial charge in [0, 0.05) is 30.2 Å². The molecule has 2 aliphatic heterocycles. The highest BCUT2D eigenvalue weighted by Gasteiger charge is 2.35. The Kier molecular flexibility index (Phi) is 3.14. The van der Waals surface area contributed by atoms with Gasteiger partial charge in [0.15, 0.2) is 0 Å². The second-order valence-corrected chi connectivity index (χ2v) is 4.63. The average Bonchev–Trinajstić information content (AvgIpc) is 2.63. The molecule has 1 N–H and O–H groups in total. The maximum Gasteiger partial charge on any atom is 0.0434 e. The Bertz CT molecular complexity index is 206. The summed E-state index contributed by atoms with van der Waals surface area (Å²) in [4.78, 5) is 2.39. The smallest absolute Gasteiger partial charge is 0.0434 e. The monoisotopic (exact) mass is 220 g/mol. The van der Waals surface area contributed by atoms with Crippen molar-refractivity contribution in [2.24, 2.45) is 11.8 Å². The Labute approximate surface area is 88.9 Å². The Morgan fingerprint density at radius 3 is 2.54 bits per heavy atom. The molecule has 0 aromatic rings. The van der Waals surface area contributed by atoms with Gasteiger partial charge in [0.1, 0.15) is 0 Å². The lowest BCUT2D eigenvalue weighted by atomic mass is 10.0. The molecule has 2 saturated heterocycles. The zero-order valence-electron chi connectivity index (χ0n) is 7.47. The van der Waals surface area contributed by atoms with E-state index in [4.69, 9.17) is 23.2 Å². The van der Waals surface area contributed by atoms with Crippen molar-refractivity contribution < 1.29 is 0 Å². The van der Waals surface area contributed by atoms with Crippen molar-refractivity contribution in [2.75, 3.05) is 32.7 Å². The van der Waals surface area contributed by atoms with Crippen LogP contribution in [0.1, 0.15) is 0 Å². The Balaban J connectivity index is 1.85. The minimum Gasteiger partial charge on any atom is -0.316 e. The summed E-state index contributed by atoms with van der Waals surface area (Å²) < 4.78 is 0. The minimum atomic E-state index is 0.745. The fourth-order valence-electron chi connectivity index (χ4n) is 2.33. The molecule has 0 aromatic heterocycles. The standard InChI is InChI=1S/C9H14Cl2N2/c10-1-9(11)6-13-4-7-2-12-3-8(7)5-13/h1,7-8,12H,2-6H2. The van der Waals surface area contributed by atoms with Gasteiger partial charge in [0.25, 0.3) is 0 Å². The molecule has 4 heteroatoms. The third kappa shape index (κ3) is 2.18. The predicted octanol–water partition coefficient (Wildman–Crippen LogP) is 1.46.